The van der Waals surface area contributed by atoms with Gasteiger partial charge in [-0.3, -0.25) is 9.97 Å². The molecule has 1 spiro atoms. The van der Waals surface area contributed by atoms with Gasteiger partial charge in [0.25, 0.3) is 0 Å². The summed E-state index contributed by atoms with van der Waals surface area (Å²) in [5.74, 6) is 0.635. The fraction of sp³-hybridized carbons (Fsp3) is 0.0196. The Labute approximate surface area is 319 Å². The van der Waals surface area contributed by atoms with E-state index in [9.17, 15) is 0 Å². The van der Waals surface area contributed by atoms with Gasteiger partial charge in [0.05, 0.1) is 16.8 Å². The maximum Gasteiger partial charge on any atom is 0.161 e. The van der Waals surface area contributed by atoms with Crippen molar-refractivity contribution in [2.75, 3.05) is 0 Å². The highest BCUT2D eigenvalue weighted by Gasteiger charge is 2.49. The Hall–Kier alpha value is -7.30. The molecule has 0 N–H and O–H groups in total. The molecule has 3 heterocycles. The van der Waals surface area contributed by atoms with E-state index in [4.69, 9.17) is 9.97 Å². The summed E-state index contributed by atoms with van der Waals surface area (Å²) >= 11 is 0. The van der Waals surface area contributed by atoms with Crippen LogP contribution in [0, 0.1) is 0 Å². The van der Waals surface area contributed by atoms with Gasteiger partial charge in [0.15, 0.2) is 5.82 Å². The Morgan fingerprint density at radius 1 is 0.309 bits per heavy atom. The quantitative estimate of drug-likeness (QED) is 0.183. The highest BCUT2D eigenvalue weighted by Crippen LogP contribution is 2.61. The molecule has 2 aliphatic rings. The molecule has 0 saturated heterocycles. The molecule has 0 amide bonds. The van der Waals surface area contributed by atoms with Crippen molar-refractivity contribution in [3.05, 3.63) is 217 Å². The van der Waals surface area contributed by atoms with Gasteiger partial charge in [-0.2, -0.15) is 0 Å². The monoisotopic (exact) mass is 700 g/mol. The summed E-state index contributed by atoms with van der Waals surface area (Å²) in [7, 11) is 0. The number of hydrogen-bond acceptors (Lipinski definition) is 4. The first-order valence-electron chi connectivity index (χ1n) is 18.6. The Kier molecular flexibility index (Phi) is 7.04. The second-order valence-corrected chi connectivity index (χ2v) is 14.2. The van der Waals surface area contributed by atoms with Crippen LogP contribution in [0.1, 0.15) is 22.3 Å². The maximum absolute atomic E-state index is 5.27. The minimum absolute atomic E-state index is 0.570. The highest BCUT2D eigenvalue weighted by molar-refractivity contribution is 5.98. The van der Waals surface area contributed by atoms with E-state index >= 15 is 0 Å². The number of aromatic nitrogens is 4. The molecule has 0 saturated carbocycles. The average molecular weight is 701 g/mol. The van der Waals surface area contributed by atoms with Crippen LogP contribution in [0.2, 0.25) is 0 Å². The molecule has 3 aromatic heterocycles. The van der Waals surface area contributed by atoms with Crippen molar-refractivity contribution in [1.29, 1.82) is 0 Å². The lowest BCUT2D eigenvalue weighted by molar-refractivity contribution is 0.775. The normalized spacial score (nSPS) is 12.9. The van der Waals surface area contributed by atoms with Crippen molar-refractivity contribution in [3.8, 4) is 78.4 Å². The third-order valence-corrected chi connectivity index (χ3v) is 11.4. The molecule has 55 heavy (non-hydrogen) atoms. The summed E-state index contributed by atoms with van der Waals surface area (Å²) in [6, 6.07) is 61.4. The predicted molar refractivity (Wildman–Crippen MR) is 221 cm³/mol. The minimum atomic E-state index is -0.570. The summed E-state index contributed by atoms with van der Waals surface area (Å²) in [4.78, 5) is 19.0. The van der Waals surface area contributed by atoms with Gasteiger partial charge in [0.1, 0.15) is 0 Å². The molecule has 0 atom stereocenters. The Bertz CT molecular complexity index is 2870. The van der Waals surface area contributed by atoms with Crippen molar-refractivity contribution in [2.24, 2.45) is 0 Å². The number of fused-ring (bicyclic) bond motifs is 12. The van der Waals surface area contributed by atoms with Crippen LogP contribution < -0.4 is 0 Å². The first-order chi connectivity index (χ1) is 27.3. The highest BCUT2D eigenvalue weighted by atomic mass is 14.9. The van der Waals surface area contributed by atoms with Crippen LogP contribution in [-0.4, -0.2) is 19.9 Å². The molecular formula is C51H32N4. The molecule has 4 heteroatoms. The van der Waals surface area contributed by atoms with E-state index in [0.29, 0.717) is 5.82 Å². The maximum atomic E-state index is 5.27. The van der Waals surface area contributed by atoms with Crippen molar-refractivity contribution in [1.82, 2.24) is 19.9 Å². The van der Waals surface area contributed by atoms with Crippen LogP contribution in [0.15, 0.2) is 195 Å². The van der Waals surface area contributed by atoms with E-state index in [0.717, 1.165) is 39.2 Å². The van der Waals surface area contributed by atoms with E-state index in [2.05, 4.69) is 156 Å². The van der Waals surface area contributed by atoms with E-state index in [1.54, 1.807) is 6.20 Å². The molecule has 0 bridgehead atoms. The summed E-state index contributed by atoms with van der Waals surface area (Å²) in [6.07, 6.45) is 7.27. The van der Waals surface area contributed by atoms with Gasteiger partial charge in [0, 0.05) is 41.5 Å². The second kappa shape index (κ2) is 12.4. The fourth-order valence-electron chi connectivity index (χ4n) is 8.95. The zero-order valence-corrected chi connectivity index (χ0v) is 29.8. The smallest absolute Gasteiger partial charge is 0.161 e. The van der Waals surface area contributed by atoms with Gasteiger partial charge in [-0.15, -0.1) is 0 Å². The lowest BCUT2D eigenvalue weighted by Crippen LogP contribution is -2.29. The zero-order chi connectivity index (χ0) is 36.3. The average Bonchev–Trinajstić information content (AvgIpc) is 3.52. The van der Waals surface area contributed by atoms with Crippen molar-refractivity contribution in [3.63, 3.8) is 0 Å². The molecule has 0 radical (unpaired) electrons. The molecule has 2 aliphatic carbocycles. The van der Waals surface area contributed by atoms with E-state index in [-0.39, 0.29) is 0 Å². The molecule has 6 aromatic carbocycles. The minimum Gasteiger partial charge on any atom is -0.265 e. The number of benzene rings is 6. The molecule has 0 fully saturated rings. The number of hydrogen-bond donors (Lipinski definition) is 0. The van der Waals surface area contributed by atoms with Gasteiger partial charge in [-0.25, -0.2) is 9.97 Å². The van der Waals surface area contributed by atoms with Crippen LogP contribution in [-0.2, 0) is 5.41 Å². The summed E-state index contributed by atoms with van der Waals surface area (Å²) < 4.78 is 0. The van der Waals surface area contributed by atoms with Gasteiger partial charge < -0.3 is 0 Å². The van der Waals surface area contributed by atoms with Gasteiger partial charge in [-0.1, -0.05) is 133 Å². The summed E-state index contributed by atoms with van der Waals surface area (Å²) in [5, 5.41) is 0. The largest absolute Gasteiger partial charge is 0.265 e. The lowest BCUT2D eigenvalue weighted by atomic mass is 9.65. The Morgan fingerprint density at radius 3 is 1.40 bits per heavy atom. The molecular weight excluding hydrogens is 669 g/mol. The lowest BCUT2D eigenvalue weighted by Gasteiger charge is -2.35. The third-order valence-electron chi connectivity index (χ3n) is 11.4. The summed E-state index contributed by atoms with van der Waals surface area (Å²) in [6.45, 7) is 0. The SMILES string of the molecule is c1cncc(-c2nc(-c3ccc(-c4ccncc4)cc3)cc(-c3ccc4c(c3)C3(c5ccccc5-c5ccccc5-4)c4ccccc4-c4ccccc43)n2)c1. The predicted octanol–water partition coefficient (Wildman–Crippen LogP) is 11.9. The number of nitrogens with zero attached hydrogens (tertiary/aromatic N) is 4. The van der Waals surface area contributed by atoms with Crippen LogP contribution >= 0.6 is 0 Å². The number of pyridine rings is 2. The molecule has 256 valence electrons. The van der Waals surface area contributed by atoms with Crippen molar-refractivity contribution < 1.29 is 0 Å². The molecule has 0 unspecified atom stereocenters. The standard InChI is InChI=1S/C51H32N4/c1-2-12-39-38(11-1)40-13-3-6-16-44(40)51(45-17-7-4-14-41(45)42-15-5-8-18-46(42)51)47-30-36(23-24-43(39)47)49-31-48(54-50(55-49)37-10-9-27-53-32-37)35-21-19-33(20-22-35)34-25-28-52-29-26-34/h1-32H. The van der Waals surface area contributed by atoms with Crippen LogP contribution in [0.25, 0.3) is 78.4 Å². The van der Waals surface area contributed by atoms with Crippen molar-refractivity contribution in [2.45, 2.75) is 5.41 Å². The molecule has 9 aromatic rings. The fourth-order valence-corrected chi connectivity index (χ4v) is 8.95. The van der Waals surface area contributed by atoms with Crippen LogP contribution in [0.4, 0.5) is 0 Å². The third kappa shape index (κ3) is 4.78. The van der Waals surface area contributed by atoms with Crippen LogP contribution in [0.5, 0.6) is 0 Å². The van der Waals surface area contributed by atoms with Crippen molar-refractivity contribution >= 4 is 0 Å². The Morgan fingerprint density at radius 2 is 0.800 bits per heavy atom. The van der Waals surface area contributed by atoms with Crippen LogP contribution in [0.3, 0.4) is 0 Å². The van der Waals surface area contributed by atoms with Gasteiger partial charge >= 0.3 is 0 Å². The van der Waals surface area contributed by atoms with E-state index < -0.39 is 5.41 Å². The molecule has 11 rings (SSSR count). The van der Waals surface area contributed by atoms with E-state index in [1.807, 2.05) is 42.9 Å². The van der Waals surface area contributed by atoms with Gasteiger partial charge in [-0.05, 0) is 103 Å². The Balaban J connectivity index is 1.18. The summed E-state index contributed by atoms with van der Waals surface area (Å²) in [5.41, 5.74) is 18.9. The first kappa shape index (κ1) is 31.2. The second-order valence-electron chi connectivity index (χ2n) is 14.2. The van der Waals surface area contributed by atoms with Gasteiger partial charge in [0.2, 0.25) is 0 Å². The van der Waals surface area contributed by atoms with E-state index in [1.165, 1.54) is 55.6 Å². The first-order valence-corrected chi connectivity index (χ1v) is 18.6. The molecule has 0 aliphatic heterocycles. The molecule has 4 nitrogen and oxygen atoms in total. The zero-order valence-electron chi connectivity index (χ0n) is 29.8. The number of rotatable bonds is 4. The topological polar surface area (TPSA) is 51.6 Å².